The van der Waals surface area contributed by atoms with Gasteiger partial charge in [0.05, 0.1) is 11.2 Å². The van der Waals surface area contributed by atoms with Gasteiger partial charge in [-0.1, -0.05) is 36.4 Å². The second-order valence-electron chi connectivity index (χ2n) is 7.60. The molecular weight excluding hydrogens is 396 g/mol. The van der Waals surface area contributed by atoms with Crippen molar-refractivity contribution in [3.8, 4) is 11.4 Å². The lowest BCUT2D eigenvalue weighted by atomic mass is 10.0. The van der Waals surface area contributed by atoms with E-state index in [4.69, 9.17) is 16.5 Å². The fraction of sp³-hybridized carbons (Fsp3) is 0.125. The molecule has 1 aliphatic carbocycles. The number of aromatic nitrogens is 2. The van der Waals surface area contributed by atoms with Crippen molar-refractivity contribution in [2.24, 2.45) is 10.7 Å². The third-order valence-corrected chi connectivity index (χ3v) is 5.40. The van der Waals surface area contributed by atoms with Gasteiger partial charge in [0.1, 0.15) is 17.5 Å². The number of fused-ring (bicyclic) bond motifs is 1. The van der Waals surface area contributed by atoms with E-state index in [1.165, 1.54) is 5.56 Å². The predicted octanol–water partition coefficient (Wildman–Crippen LogP) is 5.07. The number of rotatable bonds is 4. The first-order valence-electron chi connectivity index (χ1n) is 9.96. The first kappa shape index (κ1) is 19.1. The molecule has 31 heavy (non-hydrogen) atoms. The Bertz CT molecular complexity index is 1350. The summed E-state index contributed by atoms with van der Waals surface area (Å²) in [4.78, 5) is 13.8. The Morgan fingerprint density at radius 2 is 1.71 bits per heavy atom. The lowest BCUT2D eigenvalue weighted by Gasteiger charge is -2.11. The van der Waals surface area contributed by atoms with Gasteiger partial charge < -0.3 is 11.5 Å². The number of benzene rings is 3. The molecule has 0 bridgehead atoms. The summed E-state index contributed by atoms with van der Waals surface area (Å²) in [7, 11) is 0. The summed E-state index contributed by atoms with van der Waals surface area (Å²) in [6.45, 7) is 0. The van der Waals surface area contributed by atoms with E-state index in [2.05, 4.69) is 16.0 Å². The molecule has 4 N–H and O–H groups in total. The van der Waals surface area contributed by atoms with Crippen LogP contribution in [-0.2, 0) is 0 Å². The third kappa shape index (κ3) is 3.59. The first-order valence-corrected chi connectivity index (χ1v) is 9.96. The fourth-order valence-corrected chi connectivity index (χ4v) is 3.69. The van der Waals surface area contributed by atoms with Crippen LogP contribution < -0.4 is 11.5 Å². The maximum atomic E-state index is 13.9. The van der Waals surface area contributed by atoms with Crippen LogP contribution >= 0.6 is 0 Å². The van der Waals surface area contributed by atoms with E-state index in [0.717, 1.165) is 24.5 Å². The minimum absolute atomic E-state index is 0.0138. The van der Waals surface area contributed by atoms with Gasteiger partial charge in [-0.25, -0.2) is 23.7 Å². The van der Waals surface area contributed by atoms with Gasteiger partial charge in [-0.15, -0.1) is 0 Å². The molecule has 1 fully saturated rings. The molecule has 0 spiro atoms. The third-order valence-electron chi connectivity index (χ3n) is 5.40. The number of halogens is 2. The largest absolute Gasteiger partial charge is 0.396 e. The maximum absolute atomic E-state index is 13.9. The van der Waals surface area contributed by atoms with Crippen LogP contribution in [0.3, 0.4) is 0 Å². The van der Waals surface area contributed by atoms with Crippen molar-refractivity contribution in [2.45, 2.75) is 18.8 Å². The van der Waals surface area contributed by atoms with Crippen LogP contribution in [0.15, 0.2) is 65.7 Å². The summed E-state index contributed by atoms with van der Waals surface area (Å²) >= 11 is 0. The summed E-state index contributed by atoms with van der Waals surface area (Å²) in [5, 5.41) is 0.675. The zero-order valence-electron chi connectivity index (χ0n) is 16.5. The Morgan fingerprint density at radius 3 is 2.52 bits per heavy atom. The van der Waals surface area contributed by atoms with Gasteiger partial charge in [0.2, 0.25) is 0 Å². The molecule has 1 aliphatic rings. The summed E-state index contributed by atoms with van der Waals surface area (Å²) in [6.07, 6.45) is 2.29. The number of nitrogen functional groups attached to an aromatic ring is 1. The molecule has 5 rings (SSSR count). The molecule has 3 aromatic carbocycles. The first-order chi connectivity index (χ1) is 15.0. The zero-order valence-corrected chi connectivity index (χ0v) is 16.5. The number of hydrogen-bond acceptors (Lipinski definition) is 4. The van der Waals surface area contributed by atoms with Crippen LogP contribution in [0.1, 0.15) is 29.9 Å². The number of nitrogens with zero attached hydrogens (tertiary/aromatic N) is 3. The molecule has 0 aliphatic heterocycles. The molecule has 1 heterocycles. The van der Waals surface area contributed by atoms with Crippen molar-refractivity contribution in [1.29, 1.82) is 0 Å². The Kier molecular flexibility index (Phi) is 4.58. The van der Waals surface area contributed by atoms with Gasteiger partial charge in [-0.2, -0.15) is 0 Å². The van der Waals surface area contributed by atoms with E-state index in [0.29, 0.717) is 34.5 Å². The van der Waals surface area contributed by atoms with E-state index in [1.807, 2.05) is 42.5 Å². The SMILES string of the molecule is NC(=Nc1nc(-c2ccccc2C2CC2)nc2ccccc12)c1cc(F)cc(F)c1N. The number of nitrogens with two attached hydrogens (primary N) is 2. The van der Waals surface area contributed by atoms with Crippen molar-refractivity contribution < 1.29 is 8.78 Å². The highest BCUT2D eigenvalue weighted by atomic mass is 19.1. The van der Waals surface area contributed by atoms with E-state index < -0.39 is 11.6 Å². The number of aliphatic imine (C=N–C) groups is 1. The second-order valence-corrected chi connectivity index (χ2v) is 7.60. The normalized spacial score (nSPS) is 14.2. The molecule has 5 nitrogen and oxygen atoms in total. The molecule has 0 amide bonds. The number of hydrogen-bond donors (Lipinski definition) is 2. The molecule has 0 atom stereocenters. The highest BCUT2D eigenvalue weighted by Crippen LogP contribution is 2.44. The topological polar surface area (TPSA) is 90.2 Å². The van der Waals surface area contributed by atoms with Crippen LogP contribution in [-0.4, -0.2) is 15.8 Å². The average molecular weight is 415 g/mol. The van der Waals surface area contributed by atoms with Crippen molar-refractivity contribution in [3.63, 3.8) is 0 Å². The Balaban J connectivity index is 1.70. The Morgan fingerprint density at radius 1 is 0.968 bits per heavy atom. The molecule has 0 radical (unpaired) electrons. The van der Waals surface area contributed by atoms with Crippen LogP contribution in [0.4, 0.5) is 20.3 Å². The predicted molar refractivity (Wildman–Crippen MR) is 118 cm³/mol. The zero-order chi connectivity index (χ0) is 21.5. The van der Waals surface area contributed by atoms with E-state index in [-0.39, 0.29) is 17.1 Å². The monoisotopic (exact) mass is 415 g/mol. The fourth-order valence-electron chi connectivity index (χ4n) is 3.69. The van der Waals surface area contributed by atoms with Gasteiger partial charge in [-0.05, 0) is 42.5 Å². The minimum atomic E-state index is -0.889. The summed E-state index contributed by atoms with van der Waals surface area (Å²) in [5.41, 5.74) is 14.4. The molecule has 0 saturated heterocycles. The number of amidine groups is 1. The van der Waals surface area contributed by atoms with Crippen molar-refractivity contribution in [3.05, 3.63) is 83.4 Å². The summed E-state index contributed by atoms with van der Waals surface area (Å²) < 4.78 is 27.6. The quantitative estimate of drug-likeness (QED) is 0.277. The number of anilines is 1. The van der Waals surface area contributed by atoms with Crippen LogP contribution in [0.2, 0.25) is 0 Å². The van der Waals surface area contributed by atoms with Crippen molar-refractivity contribution in [1.82, 2.24) is 9.97 Å². The lowest BCUT2D eigenvalue weighted by molar-refractivity contribution is 0.586. The Hall–Kier alpha value is -3.87. The van der Waals surface area contributed by atoms with Crippen LogP contribution in [0.25, 0.3) is 22.3 Å². The standard InChI is InChI=1S/C24H19F2N5/c25-14-11-18(21(27)19(26)12-14)22(28)30-24-17-7-3-4-8-20(17)29-23(31-24)16-6-2-1-5-15(16)13-9-10-13/h1-8,11-13H,9-10,27H2,(H2,28,29,30,31). The van der Waals surface area contributed by atoms with E-state index in [9.17, 15) is 8.78 Å². The summed E-state index contributed by atoms with van der Waals surface area (Å²) in [5.74, 6) is -0.440. The Labute approximate surface area is 177 Å². The highest BCUT2D eigenvalue weighted by molar-refractivity contribution is 6.05. The van der Waals surface area contributed by atoms with E-state index >= 15 is 0 Å². The highest BCUT2D eigenvalue weighted by Gasteiger charge is 2.27. The van der Waals surface area contributed by atoms with Gasteiger partial charge in [-0.3, -0.25) is 0 Å². The summed E-state index contributed by atoms with van der Waals surface area (Å²) in [6, 6.07) is 17.2. The molecule has 1 saturated carbocycles. The average Bonchev–Trinajstić information content (AvgIpc) is 3.61. The number of para-hydroxylation sites is 1. The minimum Gasteiger partial charge on any atom is -0.396 e. The molecule has 1 aromatic heterocycles. The van der Waals surface area contributed by atoms with Gasteiger partial charge in [0, 0.05) is 22.6 Å². The molecule has 0 unspecified atom stereocenters. The lowest BCUT2D eigenvalue weighted by Crippen LogP contribution is -2.16. The van der Waals surface area contributed by atoms with Crippen molar-refractivity contribution >= 4 is 28.2 Å². The van der Waals surface area contributed by atoms with Crippen LogP contribution in [0.5, 0.6) is 0 Å². The van der Waals surface area contributed by atoms with Gasteiger partial charge in [0.25, 0.3) is 0 Å². The smallest absolute Gasteiger partial charge is 0.166 e. The van der Waals surface area contributed by atoms with Crippen molar-refractivity contribution in [2.75, 3.05) is 5.73 Å². The van der Waals surface area contributed by atoms with Crippen LogP contribution in [0, 0.1) is 11.6 Å². The van der Waals surface area contributed by atoms with Gasteiger partial charge >= 0.3 is 0 Å². The molecular formula is C24H19F2N5. The van der Waals surface area contributed by atoms with E-state index in [1.54, 1.807) is 0 Å². The molecule has 4 aromatic rings. The molecule has 154 valence electrons. The maximum Gasteiger partial charge on any atom is 0.166 e. The van der Waals surface area contributed by atoms with Gasteiger partial charge in [0.15, 0.2) is 11.6 Å². The second kappa shape index (κ2) is 7.43. The molecule has 7 heteroatoms.